The van der Waals surface area contributed by atoms with Gasteiger partial charge in [-0.25, -0.2) is 0 Å². The van der Waals surface area contributed by atoms with E-state index in [2.05, 4.69) is 17.2 Å². The molecule has 0 radical (unpaired) electrons. The van der Waals surface area contributed by atoms with Crippen LogP contribution in [0.25, 0.3) is 0 Å². The first kappa shape index (κ1) is 20.7. The van der Waals surface area contributed by atoms with Crippen molar-refractivity contribution in [1.29, 1.82) is 0 Å². The predicted molar refractivity (Wildman–Crippen MR) is 115 cm³/mol. The highest BCUT2D eigenvalue weighted by Crippen LogP contribution is 2.55. The lowest BCUT2D eigenvalue weighted by atomic mass is 9.74. The zero-order valence-electron chi connectivity index (χ0n) is 18.1. The quantitative estimate of drug-likeness (QED) is 0.633. The Bertz CT molecular complexity index is 799. The number of fused-ring (bicyclic) bond motifs is 1. The van der Waals surface area contributed by atoms with E-state index in [1.54, 1.807) is 11.0 Å². The van der Waals surface area contributed by atoms with Crippen molar-refractivity contribution in [2.24, 2.45) is 11.8 Å². The number of rotatable bonds is 6. The molecule has 0 unspecified atom stereocenters. The fraction of sp³-hybridized carbons (Fsp3) is 0.708. The molecule has 31 heavy (non-hydrogen) atoms. The van der Waals surface area contributed by atoms with Crippen LogP contribution in [0.15, 0.2) is 24.8 Å². The molecule has 5 rings (SSSR count). The van der Waals surface area contributed by atoms with Crippen LogP contribution in [0.3, 0.4) is 0 Å². The molecular weight excluding hydrogens is 394 g/mol. The number of ether oxygens (including phenoxy) is 1. The molecule has 0 aromatic rings. The number of carbonyl (C=O) groups excluding carboxylic acids is 3. The summed E-state index contributed by atoms with van der Waals surface area (Å²) < 4.78 is 6.32. The zero-order valence-corrected chi connectivity index (χ0v) is 18.1. The lowest BCUT2D eigenvalue weighted by Gasteiger charge is -2.32. The summed E-state index contributed by atoms with van der Waals surface area (Å²) in [4.78, 5) is 41.8. The minimum Gasteiger partial charge on any atom is -0.359 e. The smallest absolute Gasteiger partial charge is 0.246 e. The number of carbonyl (C=O) groups is 3. The van der Waals surface area contributed by atoms with Crippen molar-refractivity contribution in [2.75, 3.05) is 6.54 Å². The van der Waals surface area contributed by atoms with E-state index < -0.39 is 29.6 Å². The first-order valence-corrected chi connectivity index (χ1v) is 11.9. The molecule has 2 aliphatic carbocycles. The Morgan fingerprint density at radius 2 is 1.68 bits per heavy atom. The summed E-state index contributed by atoms with van der Waals surface area (Å²) in [5.41, 5.74) is -1.07. The third kappa shape index (κ3) is 3.32. The molecule has 0 aromatic carbocycles. The molecule has 168 valence electrons. The molecule has 3 aliphatic heterocycles. The van der Waals surface area contributed by atoms with Gasteiger partial charge in [-0.05, 0) is 25.7 Å². The molecular formula is C24H33N3O4. The summed E-state index contributed by atoms with van der Waals surface area (Å²) >= 11 is 0. The first-order chi connectivity index (χ1) is 15.0. The van der Waals surface area contributed by atoms with Crippen molar-refractivity contribution >= 4 is 17.7 Å². The Balaban J connectivity index is 1.40. The average molecular weight is 428 g/mol. The minimum absolute atomic E-state index is 0.114. The Labute approximate surface area is 183 Å². The Morgan fingerprint density at radius 3 is 2.32 bits per heavy atom. The van der Waals surface area contributed by atoms with Crippen molar-refractivity contribution in [2.45, 2.75) is 87.6 Å². The van der Waals surface area contributed by atoms with Crippen LogP contribution in [0.4, 0.5) is 0 Å². The van der Waals surface area contributed by atoms with Crippen LogP contribution in [0.2, 0.25) is 0 Å². The molecule has 2 saturated carbocycles. The van der Waals surface area contributed by atoms with Crippen molar-refractivity contribution < 1.29 is 19.1 Å². The second kappa shape index (κ2) is 8.08. The topological polar surface area (TPSA) is 87.7 Å². The van der Waals surface area contributed by atoms with Gasteiger partial charge in [0.05, 0.1) is 17.9 Å². The van der Waals surface area contributed by atoms with Gasteiger partial charge in [-0.1, -0.05) is 50.3 Å². The number of hydrogen-bond acceptors (Lipinski definition) is 4. The van der Waals surface area contributed by atoms with E-state index in [0.29, 0.717) is 0 Å². The second-order valence-corrected chi connectivity index (χ2v) is 9.81. The molecule has 2 saturated heterocycles. The molecule has 3 heterocycles. The van der Waals surface area contributed by atoms with Gasteiger partial charge >= 0.3 is 0 Å². The average Bonchev–Trinajstić information content (AvgIpc) is 3.52. The van der Waals surface area contributed by atoms with Crippen molar-refractivity contribution in [1.82, 2.24) is 15.5 Å². The lowest BCUT2D eigenvalue weighted by Crippen LogP contribution is -2.56. The standard InChI is InChI=1S/C24H33N3O4/c1-2-14-27-20(22(29)26-16-10-6-7-11-16)24-13-12-17(31-24)18(19(24)23(27)30)21(28)25-15-8-4-3-5-9-15/h2,12-13,15-20H,1,3-11,14H2,(H,25,28)(H,26,29)/t17-,18+,19-,20-,24+/m1/s1. The second-order valence-electron chi connectivity index (χ2n) is 9.81. The van der Waals surface area contributed by atoms with E-state index in [0.717, 1.165) is 51.4 Å². The Morgan fingerprint density at radius 1 is 1.06 bits per heavy atom. The van der Waals surface area contributed by atoms with E-state index >= 15 is 0 Å². The zero-order chi connectivity index (χ0) is 21.6. The van der Waals surface area contributed by atoms with Crippen molar-refractivity contribution in [3.8, 4) is 0 Å². The molecule has 1 spiro atoms. The van der Waals surface area contributed by atoms with Gasteiger partial charge in [0.25, 0.3) is 0 Å². The summed E-state index contributed by atoms with van der Waals surface area (Å²) in [5.74, 6) is -1.72. The first-order valence-electron chi connectivity index (χ1n) is 11.9. The largest absolute Gasteiger partial charge is 0.359 e. The van der Waals surface area contributed by atoms with Crippen molar-refractivity contribution in [3.05, 3.63) is 24.8 Å². The van der Waals surface area contributed by atoms with Gasteiger partial charge in [-0.15, -0.1) is 6.58 Å². The third-order valence-electron chi connectivity index (χ3n) is 7.90. The van der Waals surface area contributed by atoms with Crippen LogP contribution in [-0.2, 0) is 19.1 Å². The van der Waals surface area contributed by atoms with Gasteiger partial charge in [0.2, 0.25) is 17.7 Å². The van der Waals surface area contributed by atoms with Gasteiger partial charge in [-0.3, -0.25) is 14.4 Å². The molecule has 4 fully saturated rings. The summed E-state index contributed by atoms with van der Waals surface area (Å²) in [6.07, 6.45) is 14.5. The van der Waals surface area contributed by atoms with Crippen molar-refractivity contribution in [3.63, 3.8) is 0 Å². The molecule has 3 amide bonds. The molecule has 0 aromatic heterocycles. The normalized spacial score (nSPS) is 37.3. The molecule has 5 aliphatic rings. The monoisotopic (exact) mass is 427 g/mol. The van der Waals surface area contributed by atoms with Gasteiger partial charge in [0, 0.05) is 18.6 Å². The number of amides is 3. The van der Waals surface area contributed by atoms with E-state index in [1.165, 1.54) is 6.42 Å². The van der Waals surface area contributed by atoms with E-state index in [9.17, 15) is 14.4 Å². The van der Waals surface area contributed by atoms with Crippen LogP contribution in [0, 0.1) is 11.8 Å². The fourth-order valence-corrected chi connectivity index (χ4v) is 6.50. The van der Waals surface area contributed by atoms with Gasteiger partial charge < -0.3 is 20.3 Å². The van der Waals surface area contributed by atoms with E-state index in [1.807, 2.05) is 12.2 Å². The SMILES string of the molecule is C=CCN1C(=O)[C@H]2[C@@H](C(=O)NC3CCCCC3)[C@H]3C=C[C@@]2(O3)[C@H]1C(=O)NC1CCCC1. The van der Waals surface area contributed by atoms with Crippen LogP contribution in [-0.4, -0.2) is 59.0 Å². The number of nitrogens with zero attached hydrogens (tertiary/aromatic N) is 1. The highest BCUT2D eigenvalue weighted by molar-refractivity contribution is 6.00. The molecule has 5 atom stereocenters. The summed E-state index contributed by atoms with van der Waals surface area (Å²) in [6, 6.07) is -0.448. The maximum Gasteiger partial charge on any atom is 0.246 e. The predicted octanol–water partition coefficient (Wildman–Crippen LogP) is 1.83. The Hall–Kier alpha value is -2.15. The highest BCUT2D eigenvalue weighted by atomic mass is 16.5. The van der Waals surface area contributed by atoms with Crippen LogP contribution < -0.4 is 10.6 Å². The number of nitrogens with one attached hydrogen (secondary N) is 2. The molecule has 2 bridgehead atoms. The fourth-order valence-electron chi connectivity index (χ4n) is 6.50. The maximum absolute atomic E-state index is 13.5. The van der Waals surface area contributed by atoms with Gasteiger partial charge in [0.15, 0.2) is 0 Å². The summed E-state index contributed by atoms with van der Waals surface area (Å²) in [5, 5.41) is 6.33. The van der Waals surface area contributed by atoms with Crippen LogP contribution in [0.5, 0.6) is 0 Å². The maximum atomic E-state index is 13.5. The Kier molecular flexibility index (Phi) is 5.40. The summed E-state index contributed by atoms with van der Waals surface area (Å²) in [6.45, 7) is 4.04. The number of hydrogen-bond donors (Lipinski definition) is 2. The molecule has 7 heteroatoms. The number of likely N-dealkylation sites (tertiary alicyclic amines) is 1. The van der Waals surface area contributed by atoms with Crippen LogP contribution in [0.1, 0.15) is 57.8 Å². The van der Waals surface area contributed by atoms with Crippen LogP contribution >= 0.6 is 0 Å². The van der Waals surface area contributed by atoms with Gasteiger partial charge in [-0.2, -0.15) is 0 Å². The molecule has 7 nitrogen and oxygen atoms in total. The highest BCUT2D eigenvalue weighted by Gasteiger charge is 2.72. The van der Waals surface area contributed by atoms with Gasteiger partial charge in [0.1, 0.15) is 11.6 Å². The summed E-state index contributed by atoms with van der Waals surface area (Å²) in [7, 11) is 0. The van der Waals surface area contributed by atoms with E-state index in [4.69, 9.17) is 4.74 Å². The lowest BCUT2D eigenvalue weighted by molar-refractivity contribution is -0.141. The third-order valence-corrected chi connectivity index (χ3v) is 7.90. The molecule has 2 N–H and O–H groups in total. The van der Waals surface area contributed by atoms with E-state index in [-0.39, 0.29) is 36.3 Å². The minimum atomic E-state index is -1.07.